The molecule has 1 aliphatic heterocycles. The van der Waals surface area contributed by atoms with E-state index in [4.69, 9.17) is 0 Å². The number of amides is 1. The first kappa shape index (κ1) is 10.8. The molecule has 0 unspecified atom stereocenters. The maximum absolute atomic E-state index is 12.3. The van der Waals surface area contributed by atoms with Gasteiger partial charge in [0.15, 0.2) is 0 Å². The van der Waals surface area contributed by atoms with Crippen LogP contribution in [-0.4, -0.2) is 23.9 Å². The second-order valence-electron chi connectivity index (χ2n) is 4.53. The number of carbonyl (C=O) groups is 1. The summed E-state index contributed by atoms with van der Waals surface area (Å²) in [6.07, 6.45) is 3.55. The number of hydrogen-bond donors (Lipinski definition) is 0. The standard InChI is InChI=1S/C14H15NOS/c16-14(15-7-2-1-3-8-15)12-4-5-13-11(10-12)6-9-17-13/h4-6,9-10H,1-3,7-8H2. The molecule has 0 aliphatic carbocycles. The molecule has 2 heterocycles. The van der Waals surface area contributed by atoms with Gasteiger partial charge in [0.05, 0.1) is 0 Å². The summed E-state index contributed by atoms with van der Waals surface area (Å²) in [5.74, 6) is 0.192. The lowest BCUT2D eigenvalue weighted by Gasteiger charge is -2.26. The number of thiophene rings is 1. The lowest BCUT2D eigenvalue weighted by atomic mass is 10.1. The number of nitrogens with zero attached hydrogens (tertiary/aromatic N) is 1. The van der Waals surface area contributed by atoms with Gasteiger partial charge in [0.2, 0.25) is 0 Å². The molecule has 1 saturated heterocycles. The van der Waals surface area contributed by atoms with Crippen molar-refractivity contribution >= 4 is 27.3 Å². The predicted molar refractivity (Wildman–Crippen MR) is 71.6 cm³/mol. The van der Waals surface area contributed by atoms with Crippen LogP contribution in [0.3, 0.4) is 0 Å². The SMILES string of the molecule is O=C(c1ccc2sccc2c1)N1CCCCC1. The summed E-state index contributed by atoms with van der Waals surface area (Å²) in [6, 6.07) is 8.10. The maximum Gasteiger partial charge on any atom is 0.253 e. The summed E-state index contributed by atoms with van der Waals surface area (Å²) < 4.78 is 1.25. The molecule has 0 bridgehead atoms. The first-order valence-corrected chi connectivity index (χ1v) is 6.99. The first-order chi connectivity index (χ1) is 8.34. The van der Waals surface area contributed by atoms with Crippen molar-refractivity contribution in [3.05, 3.63) is 35.2 Å². The molecule has 0 spiro atoms. The van der Waals surface area contributed by atoms with Gasteiger partial charge in [0.25, 0.3) is 5.91 Å². The Balaban J connectivity index is 1.88. The third kappa shape index (κ3) is 2.07. The molecule has 3 heteroatoms. The fourth-order valence-electron chi connectivity index (χ4n) is 2.38. The molecule has 88 valence electrons. The normalized spacial score (nSPS) is 16.4. The summed E-state index contributed by atoms with van der Waals surface area (Å²) >= 11 is 1.72. The summed E-state index contributed by atoms with van der Waals surface area (Å²) in [6.45, 7) is 1.83. The van der Waals surface area contributed by atoms with E-state index in [9.17, 15) is 4.79 Å². The Morgan fingerprint density at radius 3 is 2.76 bits per heavy atom. The minimum Gasteiger partial charge on any atom is -0.339 e. The zero-order chi connectivity index (χ0) is 11.7. The molecule has 2 nitrogen and oxygen atoms in total. The van der Waals surface area contributed by atoms with Crippen LogP contribution >= 0.6 is 11.3 Å². The molecule has 0 N–H and O–H groups in total. The van der Waals surface area contributed by atoms with Crippen LogP contribution in [0.2, 0.25) is 0 Å². The van der Waals surface area contributed by atoms with Crippen molar-refractivity contribution in [2.75, 3.05) is 13.1 Å². The number of fused-ring (bicyclic) bond motifs is 1. The average Bonchev–Trinajstić information content (AvgIpc) is 2.86. The predicted octanol–water partition coefficient (Wildman–Crippen LogP) is 3.53. The Morgan fingerprint density at radius 1 is 1.12 bits per heavy atom. The van der Waals surface area contributed by atoms with Gasteiger partial charge in [0.1, 0.15) is 0 Å². The molecular formula is C14H15NOS. The van der Waals surface area contributed by atoms with Crippen LogP contribution in [0.25, 0.3) is 10.1 Å². The third-order valence-electron chi connectivity index (χ3n) is 3.34. The van der Waals surface area contributed by atoms with Crippen molar-refractivity contribution in [2.45, 2.75) is 19.3 Å². The van der Waals surface area contributed by atoms with Crippen molar-refractivity contribution in [1.82, 2.24) is 4.90 Å². The summed E-state index contributed by atoms with van der Waals surface area (Å²) in [5.41, 5.74) is 0.831. The molecule has 1 aromatic heterocycles. The average molecular weight is 245 g/mol. The van der Waals surface area contributed by atoms with Gasteiger partial charge in [-0.25, -0.2) is 0 Å². The van der Waals surface area contributed by atoms with Crippen molar-refractivity contribution in [2.24, 2.45) is 0 Å². The smallest absolute Gasteiger partial charge is 0.253 e. The Morgan fingerprint density at radius 2 is 1.94 bits per heavy atom. The van der Waals surface area contributed by atoms with Gasteiger partial charge >= 0.3 is 0 Å². The number of rotatable bonds is 1. The van der Waals surface area contributed by atoms with Gasteiger partial charge < -0.3 is 4.90 Å². The summed E-state index contributed by atoms with van der Waals surface area (Å²) in [5, 5.41) is 3.25. The zero-order valence-corrected chi connectivity index (χ0v) is 10.5. The molecule has 1 aliphatic rings. The zero-order valence-electron chi connectivity index (χ0n) is 9.69. The van der Waals surface area contributed by atoms with E-state index in [0.29, 0.717) is 0 Å². The van der Waals surface area contributed by atoms with Crippen molar-refractivity contribution in [3.63, 3.8) is 0 Å². The minimum absolute atomic E-state index is 0.192. The summed E-state index contributed by atoms with van der Waals surface area (Å²) in [7, 11) is 0. The largest absolute Gasteiger partial charge is 0.339 e. The second kappa shape index (κ2) is 4.49. The van der Waals surface area contributed by atoms with E-state index < -0.39 is 0 Å². The summed E-state index contributed by atoms with van der Waals surface area (Å²) in [4.78, 5) is 14.3. The third-order valence-corrected chi connectivity index (χ3v) is 4.24. The van der Waals surface area contributed by atoms with E-state index in [-0.39, 0.29) is 5.91 Å². The molecule has 1 amide bonds. The molecule has 1 fully saturated rings. The topological polar surface area (TPSA) is 20.3 Å². The number of likely N-dealkylation sites (tertiary alicyclic amines) is 1. The lowest BCUT2D eigenvalue weighted by Crippen LogP contribution is -2.35. The van der Waals surface area contributed by atoms with Crippen LogP contribution in [0.5, 0.6) is 0 Å². The Hall–Kier alpha value is -1.35. The van der Waals surface area contributed by atoms with Gasteiger partial charge in [-0.1, -0.05) is 0 Å². The van der Waals surface area contributed by atoms with Gasteiger partial charge in [-0.3, -0.25) is 4.79 Å². The Labute approximate surface area is 105 Å². The monoisotopic (exact) mass is 245 g/mol. The number of piperidine rings is 1. The highest BCUT2D eigenvalue weighted by molar-refractivity contribution is 7.17. The maximum atomic E-state index is 12.3. The minimum atomic E-state index is 0.192. The fourth-order valence-corrected chi connectivity index (χ4v) is 3.15. The van der Waals surface area contributed by atoms with E-state index in [1.807, 2.05) is 17.0 Å². The molecule has 1 aromatic carbocycles. The Kier molecular flexibility index (Phi) is 2.85. The molecular weight excluding hydrogens is 230 g/mol. The van der Waals surface area contributed by atoms with Gasteiger partial charge in [-0.05, 0) is 54.3 Å². The molecule has 0 saturated carbocycles. The molecule has 2 aromatic rings. The molecule has 0 atom stereocenters. The number of carbonyl (C=O) groups excluding carboxylic acids is 1. The van der Waals surface area contributed by atoms with Crippen molar-refractivity contribution in [1.29, 1.82) is 0 Å². The van der Waals surface area contributed by atoms with Gasteiger partial charge in [0, 0.05) is 23.4 Å². The highest BCUT2D eigenvalue weighted by Crippen LogP contribution is 2.23. The van der Waals surface area contributed by atoms with E-state index in [1.54, 1.807) is 11.3 Å². The van der Waals surface area contributed by atoms with Gasteiger partial charge in [-0.2, -0.15) is 0 Å². The van der Waals surface area contributed by atoms with Crippen LogP contribution in [-0.2, 0) is 0 Å². The van der Waals surface area contributed by atoms with Crippen LogP contribution in [0.4, 0.5) is 0 Å². The van der Waals surface area contributed by atoms with Crippen LogP contribution in [0, 0.1) is 0 Å². The first-order valence-electron chi connectivity index (χ1n) is 6.11. The molecule has 17 heavy (non-hydrogen) atoms. The molecule has 3 rings (SSSR count). The van der Waals surface area contributed by atoms with E-state index >= 15 is 0 Å². The lowest BCUT2D eigenvalue weighted by molar-refractivity contribution is 0.0724. The van der Waals surface area contributed by atoms with Crippen molar-refractivity contribution in [3.8, 4) is 0 Å². The van der Waals surface area contributed by atoms with Crippen molar-refractivity contribution < 1.29 is 4.79 Å². The van der Waals surface area contributed by atoms with E-state index in [2.05, 4.69) is 17.5 Å². The van der Waals surface area contributed by atoms with E-state index in [0.717, 1.165) is 31.5 Å². The van der Waals surface area contributed by atoms with Crippen LogP contribution in [0.15, 0.2) is 29.6 Å². The molecule has 0 radical (unpaired) electrons. The van der Waals surface area contributed by atoms with Gasteiger partial charge in [-0.15, -0.1) is 11.3 Å². The van der Waals surface area contributed by atoms with E-state index in [1.165, 1.54) is 16.5 Å². The second-order valence-corrected chi connectivity index (χ2v) is 5.47. The number of benzene rings is 1. The fraction of sp³-hybridized carbons (Fsp3) is 0.357. The highest BCUT2D eigenvalue weighted by Gasteiger charge is 2.18. The highest BCUT2D eigenvalue weighted by atomic mass is 32.1. The quantitative estimate of drug-likeness (QED) is 0.752. The number of hydrogen-bond acceptors (Lipinski definition) is 2. The van der Waals surface area contributed by atoms with Crippen LogP contribution < -0.4 is 0 Å². The Bertz CT molecular complexity index is 540. The van der Waals surface area contributed by atoms with Crippen LogP contribution in [0.1, 0.15) is 29.6 Å².